The first-order valence-electron chi connectivity index (χ1n) is 5.17. The van der Waals surface area contributed by atoms with E-state index in [4.69, 9.17) is 0 Å². The van der Waals surface area contributed by atoms with Gasteiger partial charge in [0.1, 0.15) is 5.75 Å². The minimum atomic E-state index is -4.63. The summed E-state index contributed by atoms with van der Waals surface area (Å²) in [5, 5.41) is 3.50. The lowest BCUT2D eigenvalue weighted by Gasteiger charge is -2.13. The molecule has 17 heavy (non-hydrogen) atoms. The van der Waals surface area contributed by atoms with Crippen LogP contribution >= 0.6 is 11.8 Å². The Labute approximate surface area is 102 Å². The molecule has 1 N–H and O–H groups in total. The number of benzene rings is 1. The number of rotatable bonds is 2. The van der Waals surface area contributed by atoms with Gasteiger partial charge < -0.3 is 4.74 Å². The maximum Gasteiger partial charge on any atom is 0.573 e. The van der Waals surface area contributed by atoms with Crippen LogP contribution in [0.2, 0.25) is 0 Å². The third kappa shape index (κ3) is 3.54. The summed E-state index contributed by atoms with van der Waals surface area (Å²) in [5.74, 6) is 0.822. The standard InChI is InChI=1S/C11H12F3NOS/c1-7-6-17-10(15-7)8-2-4-9(5-3-8)16-11(12,13)14/h2-5,7,10,15H,6H2,1H3. The predicted molar refractivity (Wildman–Crippen MR) is 60.9 cm³/mol. The molecular formula is C11H12F3NOS. The molecule has 1 fully saturated rings. The SMILES string of the molecule is CC1CSC(c2ccc(OC(F)(F)F)cc2)N1. The Morgan fingerprint density at radius 1 is 1.29 bits per heavy atom. The fraction of sp³-hybridized carbons (Fsp3) is 0.455. The Balaban J connectivity index is 2.03. The van der Waals surface area contributed by atoms with Gasteiger partial charge in [-0.05, 0) is 24.6 Å². The van der Waals surface area contributed by atoms with E-state index in [0.29, 0.717) is 6.04 Å². The molecular weight excluding hydrogens is 251 g/mol. The molecule has 1 saturated heterocycles. The maximum absolute atomic E-state index is 12.0. The van der Waals surface area contributed by atoms with Crippen LogP contribution < -0.4 is 10.1 Å². The van der Waals surface area contributed by atoms with E-state index in [-0.39, 0.29) is 11.1 Å². The van der Waals surface area contributed by atoms with Crippen LogP contribution in [0.3, 0.4) is 0 Å². The molecule has 2 unspecified atom stereocenters. The molecule has 2 nitrogen and oxygen atoms in total. The Morgan fingerprint density at radius 2 is 1.94 bits per heavy atom. The van der Waals surface area contributed by atoms with Gasteiger partial charge in [-0.2, -0.15) is 0 Å². The third-order valence-electron chi connectivity index (χ3n) is 2.37. The van der Waals surface area contributed by atoms with Crippen molar-refractivity contribution in [2.75, 3.05) is 5.75 Å². The Kier molecular flexibility index (Phi) is 3.53. The normalized spacial score (nSPS) is 24.9. The molecule has 0 saturated carbocycles. The Hall–Kier alpha value is -0.880. The smallest absolute Gasteiger partial charge is 0.406 e. The van der Waals surface area contributed by atoms with Crippen LogP contribution in [0.1, 0.15) is 17.9 Å². The van der Waals surface area contributed by atoms with Gasteiger partial charge in [0.15, 0.2) is 0 Å². The number of alkyl halides is 3. The van der Waals surface area contributed by atoms with Crippen molar-refractivity contribution in [1.82, 2.24) is 5.32 Å². The molecule has 1 heterocycles. The van der Waals surface area contributed by atoms with Crippen molar-refractivity contribution in [3.8, 4) is 5.75 Å². The van der Waals surface area contributed by atoms with E-state index < -0.39 is 6.36 Å². The van der Waals surface area contributed by atoms with Crippen LogP contribution in [0.5, 0.6) is 5.75 Å². The third-order valence-corrected chi connectivity index (χ3v) is 3.80. The van der Waals surface area contributed by atoms with E-state index in [1.54, 1.807) is 23.9 Å². The van der Waals surface area contributed by atoms with E-state index in [1.807, 2.05) is 0 Å². The second-order valence-electron chi connectivity index (χ2n) is 3.90. The molecule has 0 spiro atoms. The number of hydrogen-bond donors (Lipinski definition) is 1. The molecule has 1 aliphatic heterocycles. The molecule has 1 aromatic rings. The van der Waals surface area contributed by atoms with Crippen LogP contribution in [0.15, 0.2) is 24.3 Å². The molecule has 0 radical (unpaired) electrons. The first kappa shape index (κ1) is 12.6. The van der Waals surface area contributed by atoms with E-state index in [1.165, 1.54) is 12.1 Å². The van der Waals surface area contributed by atoms with Crippen molar-refractivity contribution < 1.29 is 17.9 Å². The summed E-state index contributed by atoms with van der Waals surface area (Å²) in [6.07, 6.45) is -4.63. The number of ether oxygens (including phenoxy) is 1. The Bertz CT molecular complexity index is 379. The highest BCUT2D eigenvalue weighted by Gasteiger charge is 2.31. The van der Waals surface area contributed by atoms with Gasteiger partial charge >= 0.3 is 6.36 Å². The first-order valence-corrected chi connectivity index (χ1v) is 6.22. The van der Waals surface area contributed by atoms with Crippen LogP contribution in [-0.2, 0) is 0 Å². The second kappa shape index (κ2) is 4.78. The van der Waals surface area contributed by atoms with Gasteiger partial charge in [0.2, 0.25) is 0 Å². The number of thioether (sulfide) groups is 1. The predicted octanol–water partition coefficient (Wildman–Crippen LogP) is 3.31. The van der Waals surface area contributed by atoms with Gasteiger partial charge in [-0.15, -0.1) is 24.9 Å². The summed E-state index contributed by atoms with van der Waals surface area (Å²) in [5.41, 5.74) is 0.967. The summed E-state index contributed by atoms with van der Waals surface area (Å²) in [6.45, 7) is 2.08. The van der Waals surface area contributed by atoms with Crippen molar-refractivity contribution >= 4 is 11.8 Å². The summed E-state index contributed by atoms with van der Waals surface area (Å²) in [4.78, 5) is 0. The quantitative estimate of drug-likeness (QED) is 0.884. The lowest BCUT2D eigenvalue weighted by molar-refractivity contribution is -0.274. The van der Waals surface area contributed by atoms with Gasteiger partial charge in [-0.1, -0.05) is 12.1 Å². The Morgan fingerprint density at radius 3 is 2.41 bits per heavy atom. The molecule has 6 heteroatoms. The van der Waals surface area contributed by atoms with E-state index in [2.05, 4.69) is 17.0 Å². The lowest BCUT2D eigenvalue weighted by Crippen LogP contribution is -2.22. The van der Waals surface area contributed by atoms with Gasteiger partial charge in [-0.25, -0.2) is 0 Å². The average molecular weight is 263 g/mol. The molecule has 0 aliphatic carbocycles. The van der Waals surface area contributed by atoms with Crippen molar-refractivity contribution in [1.29, 1.82) is 0 Å². The highest BCUT2D eigenvalue weighted by Crippen LogP contribution is 2.33. The van der Waals surface area contributed by atoms with Crippen molar-refractivity contribution in [3.63, 3.8) is 0 Å². The topological polar surface area (TPSA) is 21.3 Å². The molecule has 2 atom stereocenters. The van der Waals surface area contributed by atoms with Gasteiger partial charge in [0.25, 0.3) is 0 Å². The average Bonchev–Trinajstić information content (AvgIpc) is 2.63. The summed E-state index contributed by atoms with van der Waals surface area (Å²) in [7, 11) is 0. The summed E-state index contributed by atoms with van der Waals surface area (Å²) < 4.78 is 39.7. The van der Waals surface area contributed by atoms with Crippen LogP contribution in [0.4, 0.5) is 13.2 Å². The molecule has 0 bridgehead atoms. The monoisotopic (exact) mass is 263 g/mol. The van der Waals surface area contributed by atoms with Gasteiger partial charge in [0.05, 0.1) is 5.37 Å². The zero-order valence-corrected chi connectivity index (χ0v) is 9.94. The van der Waals surface area contributed by atoms with Crippen LogP contribution in [0.25, 0.3) is 0 Å². The van der Waals surface area contributed by atoms with E-state index >= 15 is 0 Å². The molecule has 0 aromatic heterocycles. The minimum Gasteiger partial charge on any atom is -0.406 e. The number of halogens is 3. The number of hydrogen-bond acceptors (Lipinski definition) is 3. The highest BCUT2D eigenvalue weighted by atomic mass is 32.2. The second-order valence-corrected chi connectivity index (χ2v) is 5.04. The highest BCUT2D eigenvalue weighted by molar-refractivity contribution is 7.99. The van der Waals surface area contributed by atoms with Crippen molar-refractivity contribution in [3.05, 3.63) is 29.8 Å². The van der Waals surface area contributed by atoms with Gasteiger partial charge in [0, 0.05) is 11.8 Å². The zero-order valence-electron chi connectivity index (χ0n) is 9.12. The van der Waals surface area contributed by atoms with E-state index in [9.17, 15) is 13.2 Å². The van der Waals surface area contributed by atoms with Crippen LogP contribution in [0, 0.1) is 0 Å². The summed E-state index contributed by atoms with van der Waals surface area (Å²) in [6, 6.07) is 6.42. The van der Waals surface area contributed by atoms with Gasteiger partial charge in [-0.3, -0.25) is 5.32 Å². The molecule has 2 rings (SSSR count). The summed E-state index contributed by atoms with van der Waals surface area (Å²) >= 11 is 1.75. The van der Waals surface area contributed by atoms with Crippen molar-refractivity contribution in [2.45, 2.75) is 24.7 Å². The van der Waals surface area contributed by atoms with Crippen molar-refractivity contribution in [2.24, 2.45) is 0 Å². The zero-order chi connectivity index (χ0) is 12.5. The first-order chi connectivity index (χ1) is 7.94. The van der Waals surface area contributed by atoms with E-state index in [0.717, 1.165) is 11.3 Å². The fourth-order valence-corrected chi connectivity index (χ4v) is 2.89. The number of nitrogens with one attached hydrogen (secondary N) is 1. The van der Waals surface area contributed by atoms with Crippen LogP contribution in [-0.4, -0.2) is 18.2 Å². The molecule has 94 valence electrons. The maximum atomic E-state index is 12.0. The molecule has 1 aliphatic rings. The lowest BCUT2D eigenvalue weighted by atomic mass is 10.2. The fourth-order valence-electron chi connectivity index (χ4n) is 1.63. The minimum absolute atomic E-state index is 0.157. The largest absolute Gasteiger partial charge is 0.573 e. The molecule has 0 amide bonds. The molecule has 1 aromatic carbocycles.